The van der Waals surface area contributed by atoms with Crippen molar-refractivity contribution < 1.29 is 31.2 Å². The first kappa shape index (κ1) is 31.2. The van der Waals surface area contributed by atoms with Crippen molar-refractivity contribution >= 4 is 50.5 Å². The van der Waals surface area contributed by atoms with Crippen LogP contribution in [0.2, 0.25) is 10.0 Å². The third-order valence-corrected chi connectivity index (χ3v) is 9.07. The SMILES string of the molecule is CCS(=O)(=O)c1ccc(Cl)cc1N(C)C(=O)c1cc(Cl)c(CN2CCC[C@H](C(=O)N(C)C)C2)c(C(F)(F)F)c1. The van der Waals surface area contributed by atoms with E-state index in [-0.39, 0.29) is 62.4 Å². The van der Waals surface area contributed by atoms with Gasteiger partial charge in [-0.05, 0) is 55.3 Å². The number of amides is 2. The van der Waals surface area contributed by atoms with Crippen molar-refractivity contribution in [1.82, 2.24) is 9.80 Å². The zero-order valence-electron chi connectivity index (χ0n) is 22.0. The number of hydrogen-bond acceptors (Lipinski definition) is 5. The van der Waals surface area contributed by atoms with Crippen LogP contribution in [0.1, 0.15) is 41.3 Å². The van der Waals surface area contributed by atoms with Crippen LogP contribution >= 0.6 is 23.2 Å². The lowest BCUT2D eigenvalue weighted by Crippen LogP contribution is -2.42. The second-order valence-corrected chi connectivity index (χ2v) is 12.8. The highest BCUT2D eigenvalue weighted by atomic mass is 35.5. The Hall–Kier alpha value is -2.34. The summed E-state index contributed by atoms with van der Waals surface area (Å²) in [6, 6.07) is 5.76. The number of anilines is 1. The number of piperidine rings is 1. The van der Waals surface area contributed by atoms with E-state index in [1.54, 1.807) is 19.0 Å². The number of nitrogens with zero attached hydrogens (tertiary/aromatic N) is 3. The topological polar surface area (TPSA) is 78.0 Å². The van der Waals surface area contributed by atoms with E-state index in [1.807, 2.05) is 0 Å². The van der Waals surface area contributed by atoms with Crippen LogP contribution < -0.4 is 4.90 Å². The summed E-state index contributed by atoms with van der Waals surface area (Å²) in [5.41, 5.74) is -1.69. The Balaban J connectivity index is 1.99. The lowest BCUT2D eigenvalue weighted by atomic mass is 9.95. The van der Waals surface area contributed by atoms with Crippen molar-refractivity contribution in [1.29, 1.82) is 0 Å². The highest BCUT2D eigenvalue weighted by Gasteiger charge is 2.37. The van der Waals surface area contributed by atoms with Crippen LogP contribution in [-0.4, -0.2) is 70.0 Å². The van der Waals surface area contributed by atoms with Gasteiger partial charge in [0.1, 0.15) is 0 Å². The molecule has 0 spiro atoms. The molecule has 7 nitrogen and oxygen atoms in total. The molecule has 1 aliphatic rings. The highest BCUT2D eigenvalue weighted by molar-refractivity contribution is 7.91. The van der Waals surface area contributed by atoms with E-state index >= 15 is 0 Å². The van der Waals surface area contributed by atoms with Crippen LogP contribution in [0.25, 0.3) is 0 Å². The van der Waals surface area contributed by atoms with E-state index < -0.39 is 27.5 Å². The summed E-state index contributed by atoms with van der Waals surface area (Å²) in [7, 11) is 0.752. The molecule has 214 valence electrons. The van der Waals surface area contributed by atoms with Crippen molar-refractivity contribution in [3.8, 4) is 0 Å². The third-order valence-electron chi connectivity index (χ3n) is 6.73. The van der Waals surface area contributed by atoms with Gasteiger partial charge in [0.25, 0.3) is 5.91 Å². The average molecular weight is 609 g/mol. The van der Waals surface area contributed by atoms with E-state index in [9.17, 15) is 31.2 Å². The maximum Gasteiger partial charge on any atom is 0.416 e. The first-order valence-corrected chi connectivity index (χ1v) is 14.6. The molecule has 0 saturated carbocycles. The smallest absolute Gasteiger partial charge is 0.349 e. The van der Waals surface area contributed by atoms with Crippen LogP contribution in [0.5, 0.6) is 0 Å². The molecule has 1 saturated heterocycles. The average Bonchev–Trinajstić information content (AvgIpc) is 2.87. The monoisotopic (exact) mass is 607 g/mol. The molecule has 0 radical (unpaired) electrons. The predicted molar refractivity (Wildman–Crippen MR) is 145 cm³/mol. The number of hydrogen-bond donors (Lipinski definition) is 0. The number of alkyl halides is 3. The molecule has 2 aromatic carbocycles. The van der Waals surface area contributed by atoms with Gasteiger partial charge in [-0.1, -0.05) is 30.1 Å². The van der Waals surface area contributed by atoms with Crippen molar-refractivity contribution in [3.63, 3.8) is 0 Å². The number of rotatable bonds is 7. The van der Waals surface area contributed by atoms with Gasteiger partial charge >= 0.3 is 6.18 Å². The maximum atomic E-state index is 14.2. The Labute approximate surface area is 236 Å². The Morgan fingerprint density at radius 3 is 2.36 bits per heavy atom. The zero-order valence-corrected chi connectivity index (χ0v) is 24.3. The van der Waals surface area contributed by atoms with Gasteiger partial charge in [-0.25, -0.2) is 8.42 Å². The number of benzene rings is 2. The second kappa shape index (κ2) is 12.0. The van der Waals surface area contributed by atoms with Crippen molar-refractivity contribution in [2.75, 3.05) is 44.9 Å². The minimum absolute atomic E-state index is 0.0620. The molecule has 13 heteroatoms. The molecule has 2 aromatic rings. The van der Waals surface area contributed by atoms with Crippen LogP contribution in [0.15, 0.2) is 35.2 Å². The van der Waals surface area contributed by atoms with E-state index in [1.165, 1.54) is 37.1 Å². The van der Waals surface area contributed by atoms with Crippen LogP contribution in [-0.2, 0) is 27.4 Å². The second-order valence-electron chi connectivity index (χ2n) is 9.67. The molecule has 2 amide bonds. The van der Waals surface area contributed by atoms with Crippen LogP contribution in [0.3, 0.4) is 0 Å². The van der Waals surface area contributed by atoms with E-state index in [0.29, 0.717) is 19.4 Å². The molecule has 1 aliphatic heterocycles. The summed E-state index contributed by atoms with van der Waals surface area (Å²) in [6.45, 7) is 2.07. The van der Waals surface area contributed by atoms with Gasteiger partial charge in [-0.15, -0.1) is 0 Å². The highest BCUT2D eigenvalue weighted by Crippen LogP contribution is 2.38. The minimum atomic E-state index is -4.82. The summed E-state index contributed by atoms with van der Waals surface area (Å²) >= 11 is 12.4. The van der Waals surface area contributed by atoms with Gasteiger partial charge < -0.3 is 9.80 Å². The molecule has 1 heterocycles. The molecular weight excluding hydrogens is 578 g/mol. The number of carbonyl (C=O) groups is 2. The molecule has 0 unspecified atom stereocenters. The van der Waals surface area contributed by atoms with Crippen molar-refractivity contribution in [2.24, 2.45) is 5.92 Å². The standard InChI is InChI=1S/C26H30Cl2F3N3O4S/c1-5-39(37,38)23-9-8-18(27)13-22(23)33(4)25(36)17-11-20(26(29,30)31)19(21(28)12-17)15-34-10-6-7-16(14-34)24(35)32(2)3/h8-9,11-13,16H,5-7,10,14-15H2,1-4H3/t16-/m0/s1. The van der Waals surface area contributed by atoms with Gasteiger partial charge in [-0.3, -0.25) is 14.5 Å². The normalized spacial score (nSPS) is 16.7. The first-order valence-electron chi connectivity index (χ1n) is 12.2. The molecule has 1 atom stereocenters. The van der Waals surface area contributed by atoms with Gasteiger partial charge in [0.2, 0.25) is 5.91 Å². The number of halogens is 5. The molecule has 0 aliphatic carbocycles. The Morgan fingerprint density at radius 2 is 1.77 bits per heavy atom. The largest absolute Gasteiger partial charge is 0.416 e. The quantitative estimate of drug-likeness (QED) is 0.422. The Kier molecular flexibility index (Phi) is 9.63. The van der Waals surface area contributed by atoms with Gasteiger partial charge in [0, 0.05) is 49.8 Å². The fourth-order valence-corrected chi connectivity index (χ4v) is 6.18. The fraction of sp³-hybridized carbons (Fsp3) is 0.462. The predicted octanol–water partition coefficient (Wildman–Crippen LogP) is 5.38. The van der Waals surface area contributed by atoms with Gasteiger partial charge in [0.05, 0.1) is 27.8 Å². The molecule has 1 fully saturated rings. The Bertz CT molecular complexity index is 1370. The number of sulfone groups is 1. The molecule has 0 N–H and O–H groups in total. The fourth-order valence-electron chi connectivity index (χ4n) is 4.64. The molecular formula is C26H30Cl2F3N3O4S. The van der Waals surface area contributed by atoms with Crippen molar-refractivity contribution in [3.05, 3.63) is 57.1 Å². The summed E-state index contributed by atoms with van der Waals surface area (Å²) in [5, 5.41) is -0.105. The van der Waals surface area contributed by atoms with E-state index in [0.717, 1.165) is 17.0 Å². The minimum Gasteiger partial charge on any atom is -0.349 e. The third kappa shape index (κ3) is 7.06. The van der Waals surface area contributed by atoms with Crippen LogP contribution in [0, 0.1) is 5.92 Å². The Morgan fingerprint density at radius 1 is 1.10 bits per heavy atom. The van der Waals surface area contributed by atoms with Crippen LogP contribution in [0.4, 0.5) is 18.9 Å². The lowest BCUT2D eigenvalue weighted by Gasteiger charge is -2.34. The molecule has 0 aromatic heterocycles. The maximum absolute atomic E-state index is 14.2. The first-order chi connectivity index (χ1) is 18.1. The summed E-state index contributed by atoms with van der Waals surface area (Å²) in [4.78, 5) is 29.8. The van der Waals surface area contributed by atoms with Gasteiger partial charge in [0.15, 0.2) is 9.84 Å². The number of likely N-dealkylation sites (tertiary alicyclic amines) is 1. The summed E-state index contributed by atoms with van der Waals surface area (Å²) in [6.07, 6.45) is -3.53. The summed E-state index contributed by atoms with van der Waals surface area (Å²) < 4.78 is 67.8. The molecule has 39 heavy (non-hydrogen) atoms. The molecule has 0 bridgehead atoms. The van der Waals surface area contributed by atoms with Gasteiger partial charge in [-0.2, -0.15) is 13.2 Å². The van der Waals surface area contributed by atoms with E-state index in [2.05, 4.69) is 0 Å². The summed E-state index contributed by atoms with van der Waals surface area (Å²) in [5.74, 6) is -1.56. The van der Waals surface area contributed by atoms with E-state index in [4.69, 9.17) is 23.2 Å². The zero-order chi connectivity index (χ0) is 29.3. The number of carbonyl (C=O) groups excluding carboxylic acids is 2. The molecule has 3 rings (SSSR count). The van der Waals surface area contributed by atoms with Crippen molar-refractivity contribution in [2.45, 2.75) is 37.4 Å². The lowest BCUT2D eigenvalue weighted by molar-refractivity contribution is -0.139.